The number of hydrogen-bond acceptors (Lipinski definition) is 20. The van der Waals surface area contributed by atoms with Gasteiger partial charge in [-0.1, -0.05) is 29.8 Å². The summed E-state index contributed by atoms with van der Waals surface area (Å²) in [5, 5.41) is 0. The number of aryl methyl sites for hydroxylation is 1. The predicted octanol–water partition coefficient (Wildman–Crippen LogP) is 17.8. The first-order chi connectivity index (χ1) is 39.6. The fraction of sp³-hybridized carbons (Fsp3) is 0.882. The fourth-order valence-electron chi connectivity index (χ4n) is 13.7. The normalized spacial score (nSPS) is 15.9. The molecule has 20 nitrogen and oxygen atoms in total. The third-order valence-corrected chi connectivity index (χ3v) is 92.3. The van der Waals surface area contributed by atoms with Crippen LogP contribution in [0, 0.1) is 6.92 Å². The molecule has 0 aromatic heterocycles. The summed E-state index contributed by atoms with van der Waals surface area (Å²) in [4.78, 5) is 0. The van der Waals surface area contributed by atoms with Crippen molar-refractivity contribution in [2.45, 2.75) is 294 Å². The molecule has 546 valence electrons. The van der Waals surface area contributed by atoms with E-state index in [1.807, 2.05) is 0 Å². The average Bonchev–Trinajstić information content (AvgIpc) is 0.813. The molecule has 0 fully saturated rings. The average molecular weight is 1660 g/mol. The zero-order valence-corrected chi connectivity index (χ0v) is 87.7. The van der Waals surface area contributed by atoms with Gasteiger partial charge in [0, 0.05) is 0 Å². The highest BCUT2D eigenvalue weighted by molar-refractivity contribution is 6.96. The second-order valence-electron chi connectivity index (χ2n) is 34.7. The zero-order valence-electron chi connectivity index (χ0n) is 66.7. The monoisotopic (exact) mass is 1660 g/mol. The predicted molar refractivity (Wildman–Crippen MR) is 430 cm³/mol. The summed E-state index contributed by atoms with van der Waals surface area (Å²) >= 11 is 0. The van der Waals surface area contributed by atoms with Crippen LogP contribution in [-0.4, -0.2) is 179 Å². The highest BCUT2D eigenvalue weighted by Crippen LogP contribution is 2.35. The van der Waals surface area contributed by atoms with Crippen LogP contribution in [0.1, 0.15) is 11.1 Å². The first-order valence-corrected chi connectivity index (χ1v) is 92.7. The molecule has 92 heavy (non-hydrogen) atoms. The Balaban J connectivity index is 2.99. The maximum absolute atomic E-state index is 6.98. The lowest BCUT2D eigenvalue weighted by Gasteiger charge is -2.45. The van der Waals surface area contributed by atoms with Crippen LogP contribution in [0.4, 0.5) is 0 Å². The van der Waals surface area contributed by atoms with Gasteiger partial charge in [-0.15, -0.1) is 0 Å². The van der Waals surface area contributed by atoms with Gasteiger partial charge in [0.2, 0.25) is 0 Å². The van der Waals surface area contributed by atoms with Crippen LogP contribution in [0.25, 0.3) is 0 Å². The van der Waals surface area contributed by atoms with E-state index in [1.54, 1.807) is 0 Å². The van der Waals surface area contributed by atoms with Crippen molar-refractivity contribution in [1.29, 1.82) is 0 Å². The third-order valence-electron chi connectivity index (χ3n) is 11.7. The smallest absolute Gasteiger partial charge is 0.314 e. The number of rotatable bonds is 42. The zero-order chi connectivity index (χ0) is 73.3. The van der Waals surface area contributed by atoms with Gasteiger partial charge in [0.05, 0.1) is 0 Å². The Morgan fingerprint density at radius 1 is 0.174 bits per heavy atom. The van der Waals surface area contributed by atoms with Gasteiger partial charge in [-0.05, 0) is 300 Å². The molecule has 1 rings (SSSR count). The van der Waals surface area contributed by atoms with Crippen molar-refractivity contribution in [1.82, 2.24) is 0 Å². The molecule has 1 aromatic rings. The van der Waals surface area contributed by atoms with Crippen LogP contribution in [-0.2, 0) is 88.3 Å². The fourth-order valence-corrected chi connectivity index (χ4v) is 122. The van der Waals surface area contributed by atoms with Crippen LogP contribution >= 0.6 is 0 Å². The van der Waals surface area contributed by atoms with E-state index in [4.69, 9.17) is 82.3 Å². The summed E-state index contributed by atoms with van der Waals surface area (Å²) in [6, 6.07) is 9.66. The summed E-state index contributed by atoms with van der Waals surface area (Å²) < 4.78 is 138. The minimum absolute atomic E-state index is 0.920. The van der Waals surface area contributed by atoms with E-state index in [1.165, 1.54) is 11.1 Å². The Kier molecular flexibility index (Phi) is 32.1. The highest BCUT2D eigenvalue weighted by Gasteiger charge is 2.55. The molecule has 0 aliphatic heterocycles. The van der Waals surface area contributed by atoms with E-state index in [0.717, 1.165) is 6.04 Å². The van der Waals surface area contributed by atoms with Crippen LogP contribution in [0.5, 0.6) is 0 Å². The van der Waals surface area contributed by atoms with E-state index in [-0.39, 0.29) is 0 Å². The van der Waals surface area contributed by atoms with E-state index >= 15 is 0 Å². The van der Waals surface area contributed by atoms with Gasteiger partial charge < -0.3 is 82.3 Å². The van der Waals surface area contributed by atoms with Gasteiger partial charge in [-0.25, -0.2) is 0 Å². The summed E-state index contributed by atoms with van der Waals surface area (Å²) in [5.41, 5.74) is 2.55. The highest BCUT2D eigenvalue weighted by atomic mass is 28.6. The Labute approximate surface area is 586 Å². The first kappa shape index (κ1) is 93.0. The topological polar surface area (TPSA) is 185 Å². The number of hydrogen-bond donors (Lipinski definition) is 0. The van der Waals surface area contributed by atoms with E-state index in [9.17, 15) is 0 Å². The van der Waals surface area contributed by atoms with Gasteiger partial charge >= 0.3 is 163 Å². The summed E-state index contributed by atoms with van der Waals surface area (Å²) in [6.45, 7) is 92.0. The first-order valence-electron chi connectivity index (χ1n) is 32.7. The van der Waals surface area contributed by atoms with E-state index < -0.39 is 179 Å². The lowest BCUT2D eigenvalue weighted by atomic mass is 10.2. The van der Waals surface area contributed by atoms with Crippen molar-refractivity contribution in [3.8, 4) is 0 Å². The maximum Gasteiger partial charge on any atom is 0.314 e. The molecule has 0 heterocycles. The maximum atomic E-state index is 6.98. The van der Waals surface area contributed by atoms with Crippen molar-refractivity contribution in [2.24, 2.45) is 0 Å². The van der Waals surface area contributed by atoms with Gasteiger partial charge in [0.25, 0.3) is 0 Å². The molecule has 0 aliphatic rings. The molecule has 0 saturated carbocycles. The molecule has 0 bridgehead atoms. The molecule has 0 saturated heterocycles. The lowest BCUT2D eigenvalue weighted by Crippen LogP contribution is -2.63. The van der Waals surface area contributed by atoms with Crippen molar-refractivity contribution in [3.63, 3.8) is 0 Å². The largest absolute Gasteiger partial charge is 0.437 e. The van der Waals surface area contributed by atoms with E-state index in [0.29, 0.717) is 0 Å². The molecule has 0 unspecified atom stereocenters. The minimum atomic E-state index is -2.88. The molecule has 0 amide bonds. The summed E-state index contributed by atoms with van der Waals surface area (Å²) in [6.07, 6.45) is 0. The van der Waals surface area contributed by atoms with Crippen LogP contribution in [0.3, 0.4) is 0 Å². The minimum Gasteiger partial charge on any atom is -0.437 e. The molecule has 1 aromatic carbocycles. The van der Waals surface area contributed by atoms with Crippen molar-refractivity contribution in [3.05, 3.63) is 35.4 Å². The summed E-state index contributed by atoms with van der Waals surface area (Å²) in [5.74, 6) is 0. The SMILES string of the molecule is Cc1ccc(C[Si](C)(C)O[Si](C)(C)O[Si](C)(C)O[Si](C)(C)O[Si](C)(C)O[Si](C)(C)O[Si](C)(C)O[Si](C)(C)O[Si](C)(C)O[Si](C)(C)O[Si](C)(C)O[Si](C)(C)O[Si](C)(C)O[Si](C)(C)O[Si](C)(C)O[Si](C)(C)O[Si](C)(C)O[Si](C)(C)O[Si](C)(C)O[Si](C)(C)O[Si](C)(C)C)cc1. The van der Waals surface area contributed by atoms with Crippen molar-refractivity contribution >= 4 is 179 Å². The molecule has 0 atom stereocenters. The second kappa shape index (κ2) is 31.7. The van der Waals surface area contributed by atoms with Gasteiger partial charge in [-0.2, -0.15) is 0 Å². The molecule has 0 spiro atoms. The molecular formula is C51H138O20Si21. The molecule has 0 aliphatic carbocycles. The Morgan fingerprint density at radius 2 is 0.293 bits per heavy atom. The molecule has 0 radical (unpaired) electrons. The standard InChI is InChI=1S/C51H138O20Si21/c1-50-45-47-51(48-46-50)49-73(5,6)53-75(9,10)55-77(13,14)57-79(17,18)59-81(21,22)61-83(25,26)63-85(29,30)65-87(33,34)67-89(37,38)69-91(41,42)71-92(43,44)70-90(39,40)68-88(35,36)66-86(31,32)64-84(27,28)62-82(23,24)60-80(19,20)58-78(15,16)56-76(11,12)54-74(7,8)52-72(2,3)4/h45-48H,49H2,1-44H3. The van der Waals surface area contributed by atoms with E-state index in [2.05, 4.69) is 313 Å². The summed E-state index contributed by atoms with van der Waals surface area (Å²) in [7, 11) is -56.8. The van der Waals surface area contributed by atoms with Crippen molar-refractivity contribution in [2.75, 3.05) is 0 Å². The number of benzene rings is 1. The van der Waals surface area contributed by atoms with Gasteiger partial charge in [0.1, 0.15) is 0 Å². The Hall–Kier alpha value is 2.97. The van der Waals surface area contributed by atoms with Gasteiger partial charge in [0.15, 0.2) is 16.6 Å². The lowest BCUT2D eigenvalue weighted by molar-refractivity contribution is 0.250. The quantitative estimate of drug-likeness (QED) is 0.0562. The Bertz CT molecular complexity index is 2510. The van der Waals surface area contributed by atoms with Crippen molar-refractivity contribution < 1.29 is 82.3 Å². The second-order valence-corrected chi connectivity index (χ2v) is 112. The molecular weight excluding hydrogens is 1520 g/mol. The molecule has 0 N–H and O–H groups in total. The van der Waals surface area contributed by atoms with Gasteiger partial charge in [-0.3, -0.25) is 0 Å². The third kappa shape index (κ3) is 41.3. The molecule has 41 heteroatoms. The Morgan fingerprint density at radius 3 is 0.424 bits per heavy atom. The van der Waals surface area contributed by atoms with Crippen LogP contribution in [0.15, 0.2) is 24.3 Å². The van der Waals surface area contributed by atoms with Crippen LogP contribution < -0.4 is 0 Å². The van der Waals surface area contributed by atoms with Crippen LogP contribution in [0.2, 0.25) is 282 Å².